The van der Waals surface area contributed by atoms with Crippen LogP contribution in [-0.2, 0) is 19.1 Å². The molecule has 2 saturated carbocycles. The van der Waals surface area contributed by atoms with Gasteiger partial charge in [-0.3, -0.25) is 9.59 Å². The van der Waals surface area contributed by atoms with Gasteiger partial charge in [-0.05, 0) is 62.7 Å². The highest BCUT2D eigenvalue weighted by Crippen LogP contribution is 2.59. The molecule has 3 aromatic rings. The Morgan fingerprint density at radius 3 is 2.41 bits per heavy atom. The predicted molar refractivity (Wildman–Crippen MR) is 144 cm³/mol. The molecule has 0 radical (unpaired) electrons. The van der Waals surface area contributed by atoms with E-state index < -0.39 is 59.3 Å². The molecule has 0 amide bonds. The molecule has 3 aromatic carbocycles. The summed E-state index contributed by atoms with van der Waals surface area (Å²) in [6, 6.07) is 21.6. The van der Waals surface area contributed by atoms with Crippen molar-refractivity contribution in [1.82, 2.24) is 0 Å². The van der Waals surface area contributed by atoms with Gasteiger partial charge >= 0.3 is 17.9 Å². The molecular formula is C33H27FO7. The molecule has 8 heteroatoms. The average Bonchev–Trinajstić information content (AvgIpc) is 3.58. The number of para-hydroxylation sites is 1. The van der Waals surface area contributed by atoms with Crippen LogP contribution in [0.4, 0.5) is 4.39 Å². The first kappa shape index (κ1) is 26.6. The lowest BCUT2D eigenvalue weighted by Crippen LogP contribution is -2.44. The van der Waals surface area contributed by atoms with Crippen molar-refractivity contribution in [2.24, 2.45) is 23.7 Å². The van der Waals surface area contributed by atoms with Crippen LogP contribution in [0.1, 0.15) is 36.2 Å². The van der Waals surface area contributed by atoms with E-state index in [0.29, 0.717) is 12.2 Å². The highest BCUT2D eigenvalue weighted by atomic mass is 19.1. The van der Waals surface area contributed by atoms with Gasteiger partial charge in [-0.15, -0.1) is 0 Å². The first-order valence-electron chi connectivity index (χ1n) is 13.5. The quantitative estimate of drug-likeness (QED) is 0.241. The van der Waals surface area contributed by atoms with Crippen LogP contribution >= 0.6 is 0 Å². The number of halogens is 1. The molecule has 41 heavy (non-hydrogen) atoms. The number of hydrogen-bond acceptors (Lipinski definition) is 7. The minimum absolute atomic E-state index is 0.0558. The molecule has 6 rings (SSSR count). The van der Waals surface area contributed by atoms with Crippen LogP contribution in [0.5, 0.6) is 11.5 Å². The molecule has 208 valence electrons. The zero-order valence-electron chi connectivity index (χ0n) is 22.4. The third kappa shape index (κ3) is 5.16. The Morgan fingerprint density at radius 2 is 1.68 bits per heavy atom. The van der Waals surface area contributed by atoms with Crippen molar-refractivity contribution in [3.8, 4) is 23.3 Å². The van der Waals surface area contributed by atoms with Gasteiger partial charge in [-0.2, -0.15) is 0 Å². The van der Waals surface area contributed by atoms with Crippen molar-refractivity contribution in [2.45, 2.75) is 38.1 Å². The smallest absolute Gasteiger partial charge is 0.338 e. The number of benzene rings is 3. The normalized spacial score (nSPS) is 25.6. The molecule has 0 aromatic heterocycles. The number of hydrogen-bond donors (Lipinski definition) is 0. The van der Waals surface area contributed by atoms with E-state index in [9.17, 15) is 18.8 Å². The molecule has 2 bridgehead atoms. The van der Waals surface area contributed by atoms with Crippen molar-refractivity contribution < 1.29 is 37.7 Å². The third-order valence-electron chi connectivity index (χ3n) is 7.84. The lowest BCUT2D eigenvalue weighted by molar-refractivity contribution is -0.149. The monoisotopic (exact) mass is 554 g/mol. The van der Waals surface area contributed by atoms with Crippen molar-refractivity contribution >= 4 is 17.9 Å². The maximum absolute atomic E-state index is 14.7. The average molecular weight is 555 g/mol. The first-order valence-corrected chi connectivity index (χ1v) is 13.5. The molecule has 7 nitrogen and oxygen atoms in total. The van der Waals surface area contributed by atoms with Crippen LogP contribution in [-0.4, -0.2) is 35.7 Å². The Balaban J connectivity index is 1.18. The highest BCUT2D eigenvalue weighted by Gasteiger charge is 2.70. The second-order valence-electron chi connectivity index (χ2n) is 11.0. The Hall–Kier alpha value is -4.64. The maximum Gasteiger partial charge on any atom is 0.338 e. The molecule has 3 aliphatic rings. The van der Waals surface area contributed by atoms with Gasteiger partial charge in [0.2, 0.25) is 0 Å². The van der Waals surface area contributed by atoms with E-state index in [2.05, 4.69) is 11.8 Å². The van der Waals surface area contributed by atoms with Crippen LogP contribution in [0.2, 0.25) is 0 Å². The lowest BCUT2D eigenvalue weighted by atomic mass is 9.78. The fraction of sp³-hybridized carbons (Fsp3) is 0.303. The topological polar surface area (TPSA) is 88.1 Å². The van der Waals surface area contributed by atoms with E-state index in [1.807, 2.05) is 30.3 Å². The molecule has 2 aliphatic carbocycles. The summed E-state index contributed by atoms with van der Waals surface area (Å²) in [6.45, 7) is 3.39. The minimum atomic E-state index is -1.07. The standard InChI is InChI=1S/C33H27FO7/c1-33(2,16-15-19-9-5-3-6-10-19)41-25-17-20(13-14-24(25)34)30(35)39-28-22-18-23-27(32(37)40-29(23)28)26(22)31(36)38-21-11-7-4-8-12-21/h3-14,17,22-23,26-29H,18H2,1-2H3. The number of carbonyl (C=O) groups excluding carboxylic acids is 3. The summed E-state index contributed by atoms with van der Waals surface area (Å²) in [6.07, 6.45) is -0.962. The number of fused-ring (bicyclic) bond motifs is 1. The summed E-state index contributed by atoms with van der Waals surface area (Å²) in [4.78, 5) is 39.1. The summed E-state index contributed by atoms with van der Waals surface area (Å²) < 4.78 is 37.5. The lowest BCUT2D eigenvalue weighted by Gasteiger charge is -2.30. The zero-order valence-corrected chi connectivity index (χ0v) is 22.4. The van der Waals surface area contributed by atoms with Gasteiger partial charge in [0.1, 0.15) is 18.0 Å². The molecule has 1 heterocycles. The molecule has 0 N–H and O–H groups in total. The van der Waals surface area contributed by atoms with E-state index in [0.717, 1.165) is 11.6 Å². The van der Waals surface area contributed by atoms with Crippen molar-refractivity contribution in [2.75, 3.05) is 0 Å². The summed E-state index contributed by atoms with van der Waals surface area (Å²) in [5, 5.41) is 0. The van der Waals surface area contributed by atoms with Gasteiger partial charge in [0, 0.05) is 17.4 Å². The summed E-state index contributed by atoms with van der Waals surface area (Å²) in [7, 11) is 0. The third-order valence-corrected chi connectivity index (χ3v) is 7.84. The van der Waals surface area contributed by atoms with E-state index in [1.165, 1.54) is 12.1 Å². The molecule has 6 atom stereocenters. The molecule has 6 unspecified atom stereocenters. The fourth-order valence-corrected chi connectivity index (χ4v) is 6.09. The van der Waals surface area contributed by atoms with Crippen molar-refractivity contribution in [1.29, 1.82) is 0 Å². The Bertz CT molecular complexity index is 1560. The van der Waals surface area contributed by atoms with Gasteiger partial charge in [-0.25, -0.2) is 9.18 Å². The Morgan fingerprint density at radius 1 is 0.976 bits per heavy atom. The highest BCUT2D eigenvalue weighted by molar-refractivity contribution is 5.91. The van der Waals surface area contributed by atoms with Crippen molar-refractivity contribution in [3.63, 3.8) is 0 Å². The Labute approximate surface area is 236 Å². The SMILES string of the molecule is CC(C)(C#Cc1ccccc1)Oc1cc(C(=O)OC2C3CC4C2OC(=O)C4C3C(=O)Oc2ccccc2)ccc1F. The summed E-state index contributed by atoms with van der Waals surface area (Å²) in [5.41, 5.74) is -0.225. The van der Waals surface area contributed by atoms with Crippen LogP contribution in [0, 0.1) is 41.3 Å². The molecular weight excluding hydrogens is 527 g/mol. The predicted octanol–water partition coefficient (Wildman–Crippen LogP) is 4.97. The van der Waals surface area contributed by atoms with E-state index in [4.69, 9.17) is 18.9 Å². The summed E-state index contributed by atoms with van der Waals surface area (Å²) >= 11 is 0. The zero-order chi connectivity index (χ0) is 28.7. The van der Waals surface area contributed by atoms with Gasteiger partial charge in [0.15, 0.2) is 17.2 Å². The van der Waals surface area contributed by atoms with Crippen LogP contribution < -0.4 is 9.47 Å². The molecule has 3 fully saturated rings. The largest absolute Gasteiger partial charge is 0.472 e. The minimum Gasteiger partial charge on any atom is -0.472 e. The van der Waals surface area contributed by atoms with Crippen molar-refractivity contribution in [3.05, 3.63) is 95.8 Å². The van der Waals surface area contributed by atoms with Crippen LogP contribution in [0.25, 0.3) is 0 Å². The van der Waals surface area contributed by atoms with E-state index in [-0.39, 0.29) is 17.2 Å². The number of carbonyl (C=O) groups is 3. The number of rotatable bonds is 6. The molecule has 0 spiro atoms. The van der Waals surface area contributed by atoms with Gasteiger partial charge in [0.05, 0.1) is 17.4 Å². The van der Waals surface area contributed by atoms with E-state index >= 15 is 0 Å². The number of ether oxygens (including phenoxy) is 4. The van der Waals surface area contributed by atoms with Crippen LogP contribution in [0.15, 0.2) is 78.9 Å². The number of esters is 3. The Kier molecular flexibility index (Phi) is 6.74. The summed E-state index contributed by atoms with van der Waals surface area (Å²) in [5.74, 6) is 1.67. The second-order valence-corrected chi connectivity index (χ2v) is 11.0. The fourth-order valence-electron chi connectivity index (χ4n) is 6.09. The van der Waals surface area contributed by atoms with Gasteiger partial charge in [-0.1, -0.05) is 48.2 Å². The maximum atomic E-state index is 14.7. The molecule has 1 saturated heterocycles. The van der Waals surface area contributed by atoms with Gasteiger partial charge in [0.25, 0.3) is 0 Å². The van der Waals surface area contributed by atoms with E-state index in [1.54, 1.807) is 44.2 Å². The van der Waals surface area contributed by atoms with Gasteiger partial charge < -0.3 is 18.9 Å². The first-order chi connectivity index (χ1) is 19.7. The van der Waals surface area contributed by atoms with Crippen LogP contribution in [0.3, 0.4) is 0 Å². The molecule has 1 aliphatic heterocycles. The second kappa shape index (κ2) is 10.4.